The molecule has 1 saturated carbocycles. The number of piperidine rings is 1. The fourth-order valence-electron chi connectivity index (χ4n) is 2.82. The Hall–Kier alpha value is -0.610. The van der Waals surface area contributed by atoms with Crippen molar-refractivity contribution in [2.45, 2.75) is 56.2 Å². The minimum Gasteiger partial charge on any atom is -0.393 e. The van der Waals surface area contributed by atoms with Crippen molar-refractivity contribution >= 4 is 5.71 Å². The molecule has 90 valence electrons. The van der Waals surface area contributed by atoms with Crippen LogP contribution in [0.25, 0.3) is 0 Å². The predicted molar refractivity (Wildman–Crippen MR) is 61.4 cm³/mol. The first-order valence-electron chi connectivity index (χ1n) is 6.28. The lowest BCUT2D eigenvalue weighted by atomic mass is 10.0. The number of aliphatic hydroxyl groups is 1. The summed E-state index contributed by atoms with van der Waals surface area (Å²) >= 11 is 0. The largest absolute Gasteiger partial charge is 0.393 e. The van der Waals surface area contributed by atoms with Crippen molar-refractivity contribution < 1.29 is 9.94 Å². The van der Waals surface area contributed by atoms with Gasteiger partial charge in [-0.05, 0) is 32.7 Å². The van der Waals surface area contributed by atoms with E-state index in [9.17, 15) is 5.11 Å². The first-order valence-corrected chi connectivity index (χ1v) is 6.28. The van der Waals surface area contributed by atoms with Crippen LogP contribution in [0.5, 0.6) is 0 Å². The summed E-state index contributed by atoms with van der Waals surface area (Å²) < 4.78 is 0. The summed E-state index contributed by atoms with van der Waals surface area (Å²) in [6, 6.07) is 1.34. The number of nitrogens with zero attached hydrogens (tertiary/aromatic N) is 2. The zero-order chi connectivity index (χ0) is 11.2. The third-order valence-electron chi connectivity index (χ3n) is 4.28. The van der Waals surface area contributed by atoms with Gasteiger partial charge in [-0.1, -0.05) is 5.16 Å². The Labute approximate surface area is 96.3 Å². The molecule has 3 aliphatic rings. The molecule has 1 aliphatic carbocycles. The molecule has 0 amide bonds. The number of hydrogen-bond acceptors (Lipinski definition) is 4. The third kappa shape index (κ3) is 1.96. The lowest BCUT2D eigenvalue weighted by Crippen LogP contribution is -2.40. The van der Waals surface area contributed by atoms with Crippen LogP contribution in [-0.4, -0.2) is 47.1 Å². The highest BCUT2D eigenvalue weighted by atomic mass is 16.6. The smallest absolute Gasteiger partial charge is 0.145 e. The van der Waals surface area contributed by atoms with Gasteiger partial charge in [0.25, 0.3) is 0 Å². The molecule has 4 nitrogen and oxygen atoms in total. The summed E-state index contributed by atoms with van der Waals surface area (Å²) in [5.74, 6) is 0. The average Bonchev–Trinajstić information content (AvgIpc) is 2.94. The molecule has 3 fully saturated rings. The quantitative estimate of drug-likeness (QED) is 0.731. The second kappa shape index (κ2) is 3.70. The molecule has 16 heavy (non-hydrogen) atoms. The molecule has 3 rings (SSSR count). The zero-order valence-corrected chi connectivity index (χ0v) is 9.85. The monoisotopic (exact) mass is 224 g/mol. The number of rotatable bonds is 3. The summed E-state index contributed by atoms with van der Waals surface area (Å²) in [4.78, 5) is 7.76. The Bertz CT molecular complexity index is 296. The lowest BCUT2D eigenvalue weighted by molar-refractivity contribution is 0.0224. The highest BCUT2D eigenvalue weighted by Gasteiger charge is 2.42. The third-order valence-corrected chi connectivity index (χ3v) is 4.28. The second-order valence-electron chi connectivity index (χ2n) is 5.61. The van der Waals surface area contributed by atoms with Gasteiger partial charge in [0, 0.05) is 24.9 Å². The normalized spacial score (nSPS) is 39.0. The molecule has 0 spiro atoms. The van der Waals surface area contributed by atoms with Gasteiger partial charge in [0.1, 0.15) is 12.2 Å². The summed E-state index contributed by atoms with van der Waals surface area (Å²) in [7, 11) is 2.22. The van der Waals surface area contributed by atoms with Crippen LogP contribution in [0.1, 0.15) is 38.5 Å². The van der Waals surface area contributed by atoms with Crippen LogP contribution in [-0.2, 0) is 4.84 Å². The van der Waals surface area contributed by atoms with Crippen LogP contribution in [0.15, 0.2) is 5.16 Å². The first-order chi connectivity index (χ1) is 7.66. The van der Waals surface area contributed by atoms with Gasteiger partial charge >= 0.3 is 0 Å². The molecule has 4 heteroatoms. The minimum atomic E-state index is -0.547. The summed E-state index contributed by atoms with van der Waals surface area (Å²) in [5.41, 5.74) is 0.643. The van der Waals surface area contributed by atoms with E-state index in [1.165, 1.54) is 18.6 Å². The molecule has 1 N–H and O–H groups in total. The maximum atomic E-state index is 9.61. The van der Waals surface area contributed by atoms with E-state index in [0.717, 1.165) is 25.7 Å². The van der Waals surface area contributed by atoms with Crippen molar-refractivity contribution in [1.29, 1.82) is 0 Å². The molecule has 2 atom stereocenters. The summed E-state index contributed by atoms with van der Waals surface area (Å²) in [6.07, 6.45) is 6.42. The van der Waals surface area contributed by atoms with Crippen LogP contribution >= 0.6 is 0 Å². The molecule has 2 aliphatic heterocycles. The van der Waals surface area contributed by atoms with Gasteiger partial charge in [0.2, 0.25) is 0 Å². The second-order valence-corrected chi connectivity index (χ2v) is 5.61. The summed E-state index contributed by atoms with van der Waals surface area (Å²) in [6.45, 7) is 0.377. The Kier molecular flexibility index (Phi) is 2.44. The molecule has 0 radical (unpaired) electrons. The number of hydrogen-bond donors (Lipinski definition) is 1. The predicted octanol–water partition coefficient (Wildman–Crippen LogP) is 1.14. The van der Waals surface area contributed by atoms with Crippen LogP contribution in [0, 0.1) is 0 Å². The Morgan fingerprint density at radius 2 is 2.00 bits per heavy atom. The van der Waals surface area contributed by atoms with Gasteiger partial charge in [-0.25, -0.2) is 0 Å². The fraction of sp³-hybridized carbons (Fsp3) is 0.917. The van der Waals surface area contributed by atoms with Gasteiger partial charge in [0.05, 0.1) is 5.71 Å². The molecule has 0 aromatic carbocycles. The minimum absolute atomic E-state index is 0.377. The Morgan fingerprint density at radius 1 is 1.38 bits per heavy atom. The van der Waals surface area contributed by atoms with E-state index in [-0.39, 0.29) is 0 Å². The van der Waals surface area contributed by atoms with Gasteiger partial charge in [-0.15, -0.1) is 0 Å². The standard InChI is InChI=1S/C12H20N2O2/c1-14-10-2-3-11(14)7-9(6-10)13-16-8-12(15)4-5-12/h10-11,15H,2-8H2,1H3/t10-,11?/m0/s1. The van der Waals surface area contributed by atoms with Gasteiger partial charge in [-0.2, -0.15) is 0 Å². The first kappa shape index (κ1) is 10.5. The van der Waals surface area contributed by atoms with Crippen molar-refractivity contribution in [3.8, 4) is 0 Å². The van der Waals surface area contributed by atoms with Crippen LogP contribution in [0.4, 0.5) is 0 Å². The van der Waals surface area contributed by atoms with E-state index in [0.29, 0.717) is 18.7 Å². The van der Waals surface area contributed by atoms with E-state index in [1.807, 2.05) is 0 Å². The lowest BCUT2D eigenvalue weighted by Gasteiger charge is -2.31. The SMILES string of the molecule is CN1C2CC[C@H]1CC(=NOCC1(O)CC1)C2. The molecule has 2 saturated heterocycles. The van der Waals surface area contributed by atoms with Gasteiger partial charge < -0.3 is 9.94 Å². The topological polar surface area (TPSA) is 45.1 Å². The van der Waals surface area contributed by atoms with Crippen LogP contribution in [0.3, 0.4) is 0 Å². The highest BCUT2D eigenvalue weighted by Crippen LogP contribution is 2.36. The molecule has 2 bridgehead atoms. The maximum absolute atomic E-state index is 9.61. The molecule has 1 unspecified atom stereocenters. The summed E-state index contributed by atoms with van der Waals surface area (Å²) in [5, 5.41) is 13.8. The van der Waals surface area contributed by atoms with E-state index < -0.39 is 5.60 Å². The number of oxime groups is 1. The fourth-order valence-corrected chi connectivity index (χ4v) is 2.82. The van der Waals surface area contributed by atoms with Crippen molar-refractivity contribution in [3.63, 3.8) is 0 Å². The van der Waals surface area contributed by atoms with Crippen molar-refractivity contribution in [2.24, 2.45) is 5.16 Å². The van der Waals surface area contributed by atoms with Crippen molar-refractivity contribution in [1.82, 2.24) is 4.90 Å². The number of fused-ring (bicyclic) bond motifs is 2. The molecular formula is C12H20N2O2. The van der Waals surface area contributed by atoms with E-state index in [4.69, 9.17) is 4.84 Å². The molecular weight excluding hydrogens is 204 g/mol. The van der Waals surface area contributed by atoms with Gasteiger partial charge in [0.15, 0.2) is 0 Å². The highest BCUT2D eigenvalue weighted by molar-refractivity contribution is 5.86. The van der Waals surface area contributed by atoms with Crippen LogP contribution < -0.4 is 0 Å². The Morgan fingerprint density at radius 3 is 2.56 bits per heavy atom. The molecule has 0 aromatic heterocycles. The molecule has 2 heterocycles. The Balaban J connectivity index is 1.54. The van der Waals surface area contributed by atoms with E-state index in [1.54, 1.807) is 0 Å². The van der Waals surface area contributed by atoms with E-state index >= 15 is 0 Å². The van der Waals surface area contributed by atoms with Gasteiger partial charge in [-0.3, -0.25) is 4.90 Å². The average molecular weight is 224 g/mol. The van der Waals surface area contributed by atoms with Crippen molar-refractivity contribution in [3.05, 3.63) is 0 Å². The van der Waals surface area contributed by atoms with E-state index in [2.05, 4.69) is 17.1 Å². The van der Waals surface area contributed by atoms with Crippen LogP contribution in [0.2, 0.25) is 0 Å². The molecule has 0 aromatic rings. The maximum Gasteiger partial charge on any atom is 0.145 e. The van der Waals surface area contributed by atoms with Crippen molar-refractivity contribution in [2.75, 3.05) is 13.7 Å². The zero-order valence-electron chi connectivity index (χ0n) is 9.85.